The number of carbonyl (C=O) groups excluding carboxylic acids is 1. The first kappa shape index (κ1) is 13.1. The van der Waals surface area contributed by atoms with Crippen LogP contribution in [0.25, 0.3) is 11.1 Å². The standard InChI is InChI=1S/C13H11N3O5/c1-6(11-16-15-7(2)20-11)19-12(17)8-4-3-5-9-10(8)21-13(18)14-9/h3-6H,1-2H3,(H,14,18). The van der Waals surface area contributed by atoms with Crippen LogP contribution < -0.4 is 5.76 Å². The van der Waals surface area contributed by atoms with Crippen molar-refractivity contribution >= 4 is 17.1 Å². The predicted octanol–water partition coefficient (Wildman–Crippen LogP) is 1.73. The van der Waals surface area contributed by atoms with Crippen LogP contribution in [0.4, 0.5) is 0 Å². The van der Waals surface area contributed by atoms with E-state index in [0.29, 0.717) is 11.4 Å². The van der Waals surface area contributed by atoms with Gasteiger partial charge in [-0.2, -0.15) is 0 Å². The fourth-order valence-corrected chi connectivity index (χ4v) is 1.88. The van der Waals surface area contributed by atoms with Crippen molar-refractivity contribution in [1.82, 2.24) is 15.2 Å². The smallest absolute Gasteiger partial charge is 0.417 e. The summed E-state index contributed by atoms with van der Waals surface area (Å²) in [6.07, 6.45) is -0.709. The van der Waals surface area contributed by atoms with Gasteiger partial charge in [-0.05, 0) is 19.1 Å². The van der Waals surface area contributed by atoms with Gasteiger partial charge in [-0.15, -0.1) is 10.2 Å². The molecule has 0 radical (unpaired) electrons. The molecule has 2 aromatic heterocycles. The van der Waals surface area contributed by atoms with E-state index in [0.717, 1.165) is 0 Å². The molecule has 21 heavy (non-hydrogen) atoms. The number of aryl methyl sites for hydroxylation is 1. The number of carbonyl (C=O) groups is 1. The molecule has 0 aliphatic rings. The van der Waals surface area contributed by atoms with Crippen molar-refractivity contribution < 1.29 is 18.4 Å². The van der Waals surface area contributed by atoms with Crippen molar-refractivity contribution in [3.8, 4) is 0 Å². The average molecular weight is 289 g/mol. The fraction of sp³-hybridized carbons (Fsp3) is 0.231. The lowest BCUT2D eigenvalue weighted by molar-refractivity contribution is 0.0278. The van der Waals surface area contributed by atoms with Gasteiger partial charge < -0.3 is 13.6 Å². The second kappa shape index (κ2) is 4.89. The summed E-state index contributed by atoms with van der Waals surface area (Å²) in [4.78, 5) is 25.8. The van der Waals surface area contributed by atoms with E-state index in [1.807, 2.05) is 0 Å². The quantitative estimate of drug-likeness (QED) is 0.731. The molecule has 1 aromatic carbocycles. The lowest BCUT2D eigenvalue weighted by atomic mass is 10.2. The molecule has 0 spiro atoms. The van der Waals surface area contributed by atoms with Crippen LogP contribution in [0.1, 0.15) is 35.2 Å². The largest absolute Gasteiger partial charge is 0.449 e. The molecule has 2 heterocycles. The molecule has 0 amide bonds. The number of nitrogens with one attached hydrogen (secondary N) is 1. The lowest BCUT2D eigenvalue weighted by Gasteiger charge is -2.09. The summed E-state index contributed by atoms with van der Waals surface area (Å²) >= 11 is 0. The minimum absolute atomic E-state index is 0.147. The number of oxazole rings is 1. The number of nitrogens with zero attached hydrogens (tertiary/aromatic N) is 2. The molecule has 0 aliphatic carbocycles. The summed E-state index contributed by atoms with van der Waals surface area (Å²) in [7, 11) is 0. The summed E-state index contributed by atoms with van der Waals surface area (Å²) in [6, 6.07) is 4.75. The average Bonchev–Trinajstić information content (AvgIpc) is 3.02. The zero-order chi connectivity index (χ0) is 15.0. The molecule has 3 aromatic rings. The van der Waals surface area contributed by atoms with E-state index in [1.165, 1.54) is 6.07 Å². The molecule has 0 fully saturated rings. The maximum Gasteiger partial charge on any atom is 0.417 e. The highest BCUT2D eigenvalue weighted by Gasteiger charge is 2.21. The minimum Gasteiger partial charge on any atom is -0.449 e. The number of benzene rings is 1. The van der Waals surface area contributed by atoms with E-state index < -0.39 is 17.8 Å². The highest BCUT2D eigenvalue weighted by atomic mass is 16.6. The molecule has 0 aliphatic heterocycles. The number of ether oxygens (including phenoxy) is 1. The van der Waals surface area contributed by atoms with Gasteiger partial charge in [-0.1, -0.05) is 6.07 Å². The summed E-state index contributed by atoms with van der Waals surface area (Å²) in [6.45, 7) is 3.25. The molecule has 1 unspecified atom stereocenters. The monoisotopic (exact) mass is 289 g/mol. The number of hydrogen-bond donors (Lipinski definition) is 1. The number of H-pyrrole nitrogens is 1. The van der Waals surface area contributed by atoms with E-state index in [9.17, 15) is 9.59 Å². The van der Waals surface area contributed by atoms with Crippen LogP contribution in [0.15, 0.2) is 31.8 Å². The van der Waals surface area contributed by atoms with Crippen LogP contribution in [0.2, 0.25) is 0 Å². The van der Waals surface area contributed by atoms with Crippen molar-refractivity contribution in [3.05, 3.63) is 46.1 Å². The molecular formula is C13H11N3O5. The van der Waals surface area contributed by atoms with Crippen molar-refractivity contribution in [2.24, 2.45) is 0 Å². The van der Waals surface area contributed by atoms with Gasteiger partial charge in [0.1, 0.15) is 5.56 Å². The minimum atomic E-state index is -0.709. The first-order chi connectivity index (χ1) is 10.0. The van der Waals surface area contributed by atoms with E-state index in [-0.39, 0.29) is 17.0 Å². The Bertz CT molecular complexity index is 860. The van der Waals surface area contributed by atoms with Crippen LogP contribution >= 0.6 is 0 Å². The summed E-state index contributed by atoms with van der Waals surface area (Å²) in [5, 5.41) is 7.45. The Kier molecular flexibility index (Phi) is 3.05. The molecule has 0 saturated heterocycles. The molecule has 0 bridgehead atoms. The zero-order valence-corrected chi connectivity index (χ0v) is 11.2. The molecular weight excluding hydrogens is 278 g/mol. The van der Waals surface area contributed by atoms with Crippen molar-refractivity contribution in [2.75, 3.05) is 0 Å². The third kappa shape index (κ3) is 2.42. The zero-order valence-electron chi connectivity index (χ0n) is 11.2. The number of para-hydroxylation sites is 1. The number of aromatic nitrogens is 3. The van der Waals surface area contributed by atoms with E-state index >= 15 is 0 Å². The Morgan fingerprint density at radius 2 is 2.14 bits per heavy atom. The van der Waals surface area contributed by atoms with Gasteiger partial charge >= 0.3 is 11.7 Å². The second-order valence-corrected chi connectivity index (χ2v) is 4.40. The number of rotatable bonds is 3. The van der Waals surface area contributed by atoms with Crippen LogP contribution in [0.3, 0.4) is 0 Å². The maximum absolute atomic E-state index is 12.2. The number of aromatic amines is 1. The third-order valence-electron chi connectivity index (χ3n) is 2.84. The number of fused-ring (bicyclic) bond motifs is 1. The molecule has 8 nitrogen and oxygen atoms in total. The highest BCUT2D eigenvalue weighted by molar-refractivity contribution is 6.00. The summed E-state index contributed by atoms with van der Waals surface area (Å²) in [5.74, 6) is -0.701. The van der Waals surface area contributed by atoms with Gasteiger partial charge in [0.25, 0.3) is 5.89 Å². The Balaban J connectivity index is 1.89. The molecule has 1 N–H and O–H groups in total. The van der Waals surface area contributed by atoms with Gasteiger partial charge in [-0.3, -0.25) is 4.98 Å². The van der Waals surface area contributed by atoms with Gasteiger partial charge in [0, 0.05) is 6.92 Å². The van der Waals surface area contributed by atoms with Crippen molar-refractivity contribution in [2.45, 2.75) is 20.0 Å². The van der Waals surface area contributed by atoms with Gasteiger partial charge in [0.2, 0.25) is 5.89 Å². The van der Waals surface area contributed by atoms with E-state index in [1.54, 1.807) is 26.0 Å². The van der Waals surface area contributed by atoms with Gasteiger partial charge in [0.05, 0.1) is 5.52 Å². The molecule has 3 rings (SSSR count). The Labute approximate surface area is 117 Å². The van der Waals surface area contributed by atoms with E-state index in [2.05, 4.69) is 15.2 Å². The number of hydrogen-bond acceptors (Lipinski definition) is 7. The first-order valence-corrected chi connectivity index (χ1v) is 6.17. The predicted molar refractivity (Wildman–Crippen MR) is 69.7 cm³/mol. The van der Waals surface area contributed by atoms with Gasteiger partial charge in [0.15, 0.2) is 11.7 Å². The SMILES string of the molecule is Cc1nnc(C(C)OC(=O)c2cccc3[nH]c(=O)oc23)o1. The van der Waals surface area contributed by atoms with E-state index in [4.69, 9.17) is 13.6 Å². The second-order valence-electron chi connectivity index (χ2n) is 4.40. The van der Waals surface area contributed by atoms with Crippen molar-refractivity contribution in [1.29, 1.82) is 0 Å². The first-order valence-electron chi connectivity index (χ1n) is 6.17. The molecule has 8 heteroatoms. The van der Waals surface area contributed by atoms with Crippen LogP contribution in [-0.2, 0) is 4.74 Å². The Hall–Kier alpha value is -2.90. The fourth-order valence-electron chi connectivity index (χ4n) is 1.88. The normalized spacial score (nSPS) is 12.5. The molecule has 108 valence electrons. The lowest BCUT2D eigenvalue weighted by Crippen LogP contribution is -2.10. The Morgan fingerprint density at radius 1 is 1.33 bits per heavy atom. The van der Waals surface area contributed by atoms with Crippen LogP contribution in [0.5, 0.6) is 0 Å². The molecule has 1 atom stereocenters. The van der Waals surface area contributed by atoms with Crippen LogP contribution in [-0.4, -0.2) is 21.2 Å². The van der Waals surface area contributed by atoms with Crippen LogP contribution in [0, 0.1) is 6.92 Å². The van der Waals surface area contributed by atoms with Gasteiger partial charge in [-0.25, -0.2) is 9.59 Å². The highest BCUT2D eigenvalue weighted by Crippen LogP contribution is 2.21. The topological polar surface area (TPSA) is 111 Å². The maximum atomic E-state index is 12.2. The van der Waals surface area contributed by atoms with Crippen molar-refractivity contribution in [3.63, 3.8) is 0 Å². The summed E-state index contributed by atoms with van der Waals surface area (Å²) in [5.41, 5.74) is 0.728. The third-order valence-corrected chi connectivity index (χ3v) is 2.84. The molecule has 0 saturated carbocycles. The number of esters is 1. The summed E-state index contributed by atoms with van der Waals surface area (Å²) < 4.78 is 15.4. The Morgan fingerprint density at radius 3 is 2.86 bits per heavy atom.